The summed E-state index contributed by atoms with van der Waals surface area (Å²) in [5.41, 5.74) is 0.896. The number of rotatable bonds is 11. The van der Waals surface area contributed by atoms with Gasteiger partial charge < -0.3 is 19.7 Å². The van der Waals surface area contributed by atoms with Crippen LogP contribution in [0.4, 0.5) is 4.79 Å². The number of aromatic hydroxyl groups is 1. The minimum atomic E-state index is -1.45. The summed E-state index contributed by atoms with van der Waals surface area (Å²) in [6.07, 6.45) is 6.86. The molecule has 23 heavy (non-hydrogen) atoms. The zero-order chi connectivity index (χ0) is 17.1. The van der Waals surface area contributed by atoms with Gasteiger partial charge in [0.05, 0.1) is 6.61 Å². The van der Waals surface area contributed by atoms with Crippen LogP contribution in [-0.4, -0.2) is 23.0 Å². The highest BCUT2D eigenvalue weighted by Gasteiger charge is 2.17. The van der Waals surface area contributed by atoms with Crippen molar-refractivity contribution in [2.45, 2.75) is 65.2 Å². The maximum absolute atomic E-state index is 10.7. The number of phenolic OH excluding ortho intramolecular Hbond substituents is 1. The second-order valence-corrected chi connectivity index (χ2v) is 5.63. The topological polar surface area (TPSA) is 76.0 Å². The molecule has 0 bridgehead atoms. The SMILES string of the molecule is CCCCCCc1ccc(OC(=O)O)c(O)c1OCCCCC. The van der Waals surface area contributed by atoms with Crippen molar-refractivity contribution in [3.63, 3.8) is 0 Å². The van der Waals surface area contributed by atoms with E-state index in [-0.39, 0.29) is 11.5 Å². The van der Waals surface area contributed by atoms with E-state index >= 15 is 0 Å². The van der Waals surface area contributed by atoms with E-state index in [4.69, 9.17) is 9.84 Å². The highest BCUT2D eigenvalue weighted by molar-refractivity contribution is 5.65. The van der Waals surface area contributed by atoms with Crippen molar-refractivity contribution in [2.75, 3.05) is 6.61 Å². The van der Waals surface area contributed by atoms with Gasteiger partial charge >= 0.3 is 6.16 Å². The van der Waals surface area contributed by atoms with Crippen LogP contribution in [0.15, 0.2) is 12.1 Å². The smallest absolute Gasteiger partial charge is 0.502 e. The van der Waals surface area contributed by atoms with E-state index in [1.807, 2.05) is 0 Å². The van der Waals surface area contributed by atoms with E-state index in [2.05, 4.69) is 18.6 Å². The van der Waals surface area contributed by atoms with Crippen molar-refractivity contribution in [3.05, 3.63) is 17.7 Å². The Kier molecular flexibility index (Phi) is 8.95. The third kappa shape index (κ3) is 6.80. The third-order valence-corrected chi connectivity index (χ3v) is 3.67. The zero-order valence-electron chi connectivity index (χ0n) is 14.1. The molecule has 0 atom stereocenters. The molecule has 0 amide bonds. The van der Waals surface area contributed by atoms with Gasteiger partial charge in [-0.1, -0.05) is 52.0 Å². The van der Waals surface area contributed by atoms with Crippen molar-refractivity contribution < 1.29 is 24.5 Å². The summed E-state index contributed by atoms with van der Waals surface area (Å²) in [5.74, 6) is 0.0496. The number of hydrogen-bond acceptors (Lipinski definition) is 4. The van der Waals surface area contributed by atoms with E-state index in [0.717, 1.165) is 50.5 Å². The summed E-state index contributed by atoms with van der Waals surface area (Å²) < 4.78 is 10.3. The van der Waals surface area contributed by atoms with Crippen LogP contribution in [0.3, 0.4) is 0 Å². The quantitative estimate of drug-likeness (QED) is 0.335. The Morgan fingerprint density at radius 3 is 2.39 bits per heavy atom. The number of carbonyl (C=O) groups is 1. The lowest BCUT2D eigenvalue weighted by atomic mass is 10.0. The summed E-state index contributed by atoms with van der Waals surface area (Å²) in [6, 6.07) is 3.26. The number of benzene rings is 1. The fourth-order valence-electron chi connectivity index (χ4n) is 2.40. The summed E-state index contributed by atoms with van der Waals surface area (Å²) >= 11 is 0. The molecule has 0 aliphatic carbocycles. The van der Waals surface area contributed by atoms with E-state index < -0.39 is 6.16 Å². The minimum Gasteiger partial charge on any atom is -0.502 e. The summed E-state index contributed by atoms with van der Waals surface area (Å²) in [4.78, 5) is 10.7. The molecule has 0 radical (unpaired) electrons. The van der Waals surface area contributed by atoms with Crippen molar-refractivity contribution in [1.82, 2.24) is 0 Å². The zero-order valence-corrected chi connectivity index (χ0v) is 14.1. The second kappa shape index (κ2) is 10.8. The van der Waals surface area contributed by atoms with Crippen LogP contribution >= 0.6 is 0 Å². The molecular weight excluding hydrogens is 296 g/mol. The van der Waals surface area contributed by atoms with Crippen LogP contribution < -0.4 is 9.47 Å². The van der Waals surface area contributed by atoms with Gasteiger partial charge in [0.2, 0.25) is 5.75 Å². The molecule has 5 nitrogen and oxygen atoms in total. The van der Waals surface area contributed by atoms with Gasteiger partial charge in [-0.2, -0.15) is 0 Å². The van der Waals surface area contributed by atoms with Crippen LogP contribution in [0, 0.1) is 0 Å². The van der Waals surface area contributed by atoms with Gasteiger partial charge in [0.25, 0.3) is 0 Å². The van der Waals surface area contributed by atoms with Gasteiger partial charge in [-0.25, -0.2) is 4.79 Å². The molecule has 0 saturated heterocycles. The highest BCUT2D eigenvalue weighted by Crippen LogP contribution is 2.40. The maximum atomic E-state index is 10.7. The molecule has 2 N–H and O–H groups in total. The largest absolute Gasteiger partial charge is 0.511 e. The molecule has 1 rings (SSSR count). The number of aryl methyl sites for hydroxylation is 1. The lowest BCUT2D eigenvalue weighted by molar-refractivity contribution is 0.142. The molecule has 1 aromatic carbocycles. The molecule has 0 fully saturated rings. The fourth-order valence-corrected chi connectivity index (χ4v) is 2.40. The molecule has 0 spiro atoms. The van der Waals surface area contributed by atoms with Gasteiger partial charge in [0.15, 0.2) is 11.5 Å². The predicted molar refractivity (Wildman–Crippen MR) is 89.6 cm³/mol. The first-order valence-corrected chi connectivity index (χ1v) is 8.48. The van der Waals surface area contributed by atoms with E-state index in [0.29, 0.717) is 12.4 Å². The third-order valence-electron chi connectivity index (χ3n) is 3.67. The molecule has 0 aliphatic heterocycles. The van der Waals surface area contributed by atoms with Gasteiger partial charge in [-0.15, -0.1) is 0 Å². The van der Waals surface area contributed by atoms with Gasteiger partial charge in [-0.05, 0) is 30.9 Å². The van der Waals surface area contributed by atoms with E-state index in [9.17, 15) is 9.90 Å². The first-order chi connectivity index (χ1) is 11.1. The van der Waals surface area contributed by atoms with Crippen LogP contribution in [0.25, 0.3) is 0 Å². The Bertz CT molecular complexity index is 485. The van der Waals surface area contributed by atoms with E-state index in [1.165, 1.54) is 12.5 Å². The molecular formula is C18H28O5. The van der Waals surface area contributed by atoms with Crippen LogP contribution in [0.2, 0.25) is 0 Å². The molecule has 0 heterocycles. The number of unbranched alkanes of at least 4 members (excludes halogenated alkanes) is 5. The summed E-state index contributed by atoms with van der Waals surface area (Å²) in [7, 11) is 0. The van der Waals surface area contributed by atoms with Crippen molar-refractivity contribution >= 4 is 6.16 Å². The number of carboxylic acid groups (broad SMARTS) is 1. The predicted octanol–water partition coefficient (Wildman–Crippen LogP) is 5.14. The molecule has 0 aromatic heterocycles. The van der Waals surface area contributed by atoms with Gasteiger partial charge in [-0.3, -0.25) is 0 Å². The highest BCUT2D eigenvalue weighted by atomic mass is 16.7. The van der Waals surface area contributed by atoms with Crippen LogP contribution in [0.1, 0.15) is 64.4 Å². The Balaban J connectivity index is 2.84. The molecule has 0 saturated carbocycles. The summed E-state index contributed by atoms with van der Waals surface area (Å²) in [6.45, 7) is 4.77. The standard InChI is InChI=1S/C18H28O5/c1-3-5-7-8-10-14-11-12-15(23-18(20)21)16(19)17(14)22-13-9-6-4-2/h11-12,19H,3-10,13H2,1-2H3,(H,20,21). The second-order valence-electron chi connectivity index (χ2n) is 5.63. The first kappa shape index (κ1) is 19.1. The number of phenols is 1. The van der Waals surface area contributed by atoms with Gasteiger partial charge in [0.1, 0.15) is 0 Å². The monoisotopic (exact) mass is 324 g/mol. The molecule has 1 aromatic rings. The number of ether oxygens (including phenoxy) is 2. The van der Waals surface area contributed by atoms with E-state index in [1.54, 1.807) is 6.07 Å². The van der Waals surface area contributed by atoms with Crippen molar-refractivity contribution in [3.8, 4) is 17.2 Å². The fraction of sp³-hybridized carbons (Fsp3) is 0.611. The average Bonchev–Trinajstić information content (AvgIpc) is 2.52. The molecule has 0 aliphatic rings. The van der Waals surface area contributed by atoms with Crippen molar-refractivity contribution in [2.24, 2.45) is 0 Å². The summed E-state index contributed by atoms with van der Waals surface area (Å²) in [5, 5.41) is 19.0. The molecule has 0 unspecified atom stereocenters. The Labute approximate surface area is 138 Å². The number of hydrogen-bond donors (Lipinski definition) is 2. The van der Waals surface area contributed by atoms with Crippen LogP contribution in [-0.2, 0) is 6.42 Å². The first-order valence-electron chi connectivity index (χ1n) is 8.48. The van der Waals surface area contributed by atoms with Gasteiger partial charge in [0, 0.05) is 0 Å². The normalized spacial score (nSPS) is 10.5. The van der Waals surface area contributed by atoms with Crippen LogP contribution in [0.5, 0.6) is 17.2 Å². The molecule has 130 valence electrons. The lowest BCUT2D eigenvalue weighted by Crippen LogP contribution is -2.06. The molecule has 5 heteroatoms. The Hall–Kier alpha value is -1.91. The Morgan fingerprint density at radius 2 is 1.74 bits per heavy atom. The average molecular weight is 324 g/mol. The van der Waals surface area contributed by atoms with Crippen molar-refractivity contribution in [1.29, 1.82) is 0 Å². The lowest BCUT2D eigenvalue weighted by Gasteiger charge is -2.15. The minimum absolute atomic E-state index is 0.0831. The Morgan fingerprint density at radius 1 is 1.04 bits per heavy atom. The maximum Gasteiger partial charge on any atom is 0.511 e.